The Balaban J connectivity index is 1.53. The molecule has 2 N–H and O–H groups in total. The van der Waals surface area contributed by atoms with E-state index < -0.39 is 23.3 Å². The molecule has 0 radical (unpaired) electrons. The largest absolute Gasteiger partial charge is 0.481 e. The van der Waals surface area contributed by atoms with Gasteiger partial charge in [-0.1, -0.05) is 47.1 Å². The molecule has 0 aliphatic heterocycles. The van der Waals surface area contributed by atoms with Crippen molar-refractivity contribution in [3.8, 4) is 0 Å². The Labute approximate surface area is 239 Å². The number of ketones is 1. The number of ether oxygens (including phenoxy) is 1. The van der Waals surface area contributed by atoms with Crippen LogP contribution in [0.2, 0.25) is 0 Å². The van der Waals surface area contributed by atoms with Crippen LogP contribution in [0, 0.1) is 50.2 Å². The zero-order valence-corrected chi connectivity index (χ0v) is 25.7. The van der Waals surface area contributed by atoms with Crippen molar-refractivity contribution in [3.05, 3.63) is 11.6 Å². The van der Waals surface area contributed by atoms with Gasteiger partial charge in [0.1, 0.15) is 0 Å². The highest BCUT2D eigenvalue weighted by Crippen LogP contribution is 2.75. The van der Waals surface area contributed by atoms with Crippen molar-refractivity contribution in [1.29, 1.82) is 0 Å². The van der Waals surface area contributed by atoms with Gasteiger partial charge in [0.25, 0.3) is 0 Å². The molecule has 222 valence electrons. The van der Waals surface area contributed by atoms with Gasteiger partial charge in [-0.3, -0.25) is 14.4 Å². The van der Waals surface area contributed by atoms with Crippen molar-refractivity contribution in [2.45, 2.75) is 112 Å². The fraction of sp³-hybridized carbons (Fsp3) is 0.818. The summed E-state index contributed by atoms with van der Waals surface area (Å²) >= 11 is 0. The van der Waals surface area contributed by atoms with Gasteiger partial charge in [-0.05, 0) is 110 Å². The van der Waals surface area contributed by atoms with Gasteiger partial charge in [0.05, 0.1) is 12.5 Å². The minimum atomic E-state index is -0.876. The lowest BCUT2D eigenvalue weighted by Crippen LogP contribution is -2.68. The maximum atomic E-state index is 14.4. The van der Waals surface area contributed by atoms with Gasteiger partial charge in [-0.25, -0.2) is 4.79 Å². The van der Waals surface area contributed by atoms with Crippen LogP contribution in [0.25, 0.3) is 0 Å². The van der Waals surface area contributed by atoms with Gasteiger partial charge >= 0.3 is 17.8 Å². The Kier molecular flexibility index (Phi) is 6.53. The van der Waals surface area contributed by atoms with Crippen molar-refractivity contribution >= 4 is 23.6 Å². The number of carboxylic acids is 1. The molecule has 0 aromatic rings. The summed E-state index contributed by atoms with van der Waals surface area (Å²) in [6, 6.07) is -0.173. The van der Waals surface area contributed by atoms with Crippen molar-refractivity contribution in [1.82, 2.24) is 5.32 Å². The van der Waals surface area contributed by atoms with Crippen molar-refractivity contribution < 1.29 is 29.0 Å². The number of aliphatic carboxylic acids is 1. The maximum Gasteiger partial charge on any atom is 0.396 e. The summed E-state index contributed by atoms with van der Waals surface area (Å²) in [5.41, 5.74) is -0.448. The lowest BCUT2D eigenvalue weighted by Gasteiger charge is -2.70. The molecule has 5 aliphatic rings. The van der Waals surface area contributed by atoms with Crippen LogP contribution in [-0.2, 0) is 23.9 Å². The molecule has 5 rings (SSSR count). The second kappa shape index (κ2) is 8.91. The number of fused-ring (bicyclic) bond motifs is 7. The normalized spacial score (nSPS) is 47.4. The number of amides is 1. The van der Waals surface area contributed by atoms with Crippen LogP contribution in [-0.4, -0.2) is 41.9 Å². The van der Waals surface area contributed by atoms with Gasteiger partial charge < -0.3 is 15.2 Å². The molecule has 0 bridgehead atoms. The summed E-state index contributed by atoms with van der Waals surface area (Å²) in [5.74, 6) is -1.92. The first kappa shape index (κ1) is 29.3. The summed E-state index contributed by atoms with van der Waals surface area (Å²) in [7, 11) is 1.22. The highest BCUT2D eigenvalue weighted by Gasteiger charge is 2.70. The Hall–Kier alpha value is -2.18. The molecule has 7 heteroatoms. The van der Waals surface area contributed by atoms with Crippen molar-refractivity contribution in [2.75, 3.05) is 7.11 Å². The molecule has 4 saturated carbocycles. The average Bonchev–Trinajstić information content (AvgIpc) is 2.87. The number of carboxylic acid groups (broad SMARTS) is 1. The predicted molar refractivity (Wildman–Crippen MR) is 151 cm³/mol. The number of esters is 1. The molecule has 0 aromatic carbocycles. The Bertz CT molecular complexity index is 1190. The third-order valence-corrected chi connectivity index (χ3v) is 13.8. The Morgan fingerprint density at radius 2 is 1.57 bits per heavy atom. The van der Waals surface area contributed by atoms with Crippen LogP contribution in [0.1, 0.15) is 106 Å². The van der Waals surface area contributed by atoms with E-state index in [9.17, 15) is 24.3 Å². The van der Waals surface area contributed by atoms with E-state index in [1.807, 2.05) is 13.0 Å². The van der Waals surface area contributed by atoms with E-state index >= 15 is 0 Å². The van der Waals surface area contributed by atoms with Gasteiger partial charge in [0, 0.05) is 12.0 Å². The average molecular weight is 556 g/mol. The molecule has 40 heavy (non-hydrogen) atoms. The van der Waals surface area contributed by atoms with Crippen molar-refractivity contribution in [3.63, 3.8) is 0 Å². The summed E-state index contributed by atoms with van der Waals surface area (Å²) in [6.45, 7) is 15.6. The molecule has 1 amide bonds. The minimum Gasteiger partial charge on any atom is -0.481 e. The number of nitrogens with one attached hydrogen (secondary N) is 1. The van der Waals surface area contributed by atoms with Crippen LogP contribution in [0.15, 0.2) is 11.6 Å². The topological polar surface area (TPSA) is 110 Å². The summed E-state index contributed by atoms with van der Waals surface area (Å²) < 4.78 is 4.64. The first-order chi connectivity index (χ1) is 18.4. The van der Waals surface area contributed by atoms with E-state index in [0.29, 0.717) is 19.3 Å². The number of methoxy groups -OCH3 is 1. The zero-order chi connectivity index (χ0) is 29.7. The van der Waals surface area contributed by atoms with E-state index in [0.717, 1.165) is 38.5 Å². The number of rotatable bonds is 2. The Morgan fingerprint density at radius 3 is 2.20 bits per heavy atom. The fourth-order valence-corrected chi connectivity index (χ4v) is 10.9. The molecule has 0 aromatic heterocycles. The quantitative estimate of drug-likeness (QED) is 0.334. The molecular weight excluding hydrogens is 506 g/mol. The van der Waals surface area contributed by atoms with Gasteiger partial charge in [0.2, 0.25) is 0 Å². The van der Waals surface area contributed by atoms with E-state index in [1.165, 1.54) is 12.7 Å². The minimum absolute atomic E-state index is 0.0305. The number of hydrogen-bond acceptors (Lipinski definition) is 5. The number of carbonyl (C=O) groups excluding carboxylic acids is 3. The van der Waals surface area contributed by atoms with E-state index in [4.69, 9.17) is 0 Å². The van der Waals surface area contributed by atoms with Crippen LogP contribution in [0.3, 0.4) is 0 Å². The molecule has 0 heterocycles. The lowest BCUT2D eigenvalue weighted by atomic mass is 9.33. The second-order valence-corrected chi connectivity index (χ2v) is 15.9. The number of hydrogen-bond donors (Lipinski definition) is 2. The highest BCUT2D eigenvalue weighted by atomic mass is 16.5. The molecule has 0 saturated heterocycles. The molecule has 5 aliphatic carbocycles. The number of carbonyl (C=O) groups is 4. The zero-order valence-electron chi connectivity index (χ0n) is 25.7. The molecule has 4 fully saturated rings. The van der Waals surface area contributed by atoms with Gasteiger partial charge in [-0.2, -0.15) is 0 Å². The van der Waals surface area contributed by atoms with E-state index in [2.05, 4.69) is 51.6 Å². The third kappa shape index (κ3) is 3.74. The first-order valence-corrected chi connectivity index (χ1v) is 15.3. The molecule has 3 unspecified atom stereocenters. The molecule has 7 nitrogen and oxygen atoms in total. The smallest absolute Gasteiger partial charge is 0.396 e. The van der Waals surface area contributed by atoms with E-state index in [1.54, 1.807) is 0 Å². The molecule has 9 atom stereocenters. The maximum absolute atomic E-state index is 14.4. The Morgan fingerprint density at radius 1 is 0.925 bits per heavy atom. The van der Waals surface area contributed by atoms with Crippen LogP contribution >= 0.6 is 0 Å². The second-order valence-electron chi connectivity index (χ2n) is 15.9. The number of allylic oxidation sites excluding steroid dienone is 2. The third-order valence-electron chi connectivity index (χ3n) is 13.8. The van der Waals surface area contributed by atoms with Crippen molar-refractivity contribution in [2.24, 2.45) is 50.2 Å². The molecular formula is C33H49NO6. The predicted octanol–water partition coefficient (Wildman–Crippen LogP) is 5.71. The van der Waals surface area contributed by atoms with Crippen LogP contribution in [0.4, 0.5) is 0 Å². The SMILES string of the molecule is COC(=O)C(=O)N[C@H]1CC[C@@]2(C)[C@@H](CCC3(C)[C@@H]2C(=O)C=C2C4C[C@@](C)(C(=O)O)CCC4(C)CC[C@]23C)C1(C)C. The van der Waals surface area contributed by atoms with Gasteiger partial charge in [0.15, 0.2) is 5.78 Å². The monoisotopic (exact) mass is 555 g/mol. The van der Waals surface area contributed by atoms with E-state index in [-0.39, 0.29) is 56.7 Å². The summed E-state index contributed by atoms with van der Waals surface area (Å²) in [6.07, 6.45) is 9.61. The standard InChI is InChI=1S/C33H49NO6/c1-28(2)22-9-12-33(7)24(31(22,5)11-10-23(28)34-25(36)26(37)40-8)21(35)17-19-20-18-30(4,27(38)39)14-13-29(20,3)15-16-32(19,33)6/h17,20,22-24H,9-16,18H2,1-8H3,(H,34,36)(H,38,39)/t20?,22-,23-,24+,29?,30-,31-,32+,33?/m0/s1. The first-order valence-electron chi connectivity index (χ1n) is 15.3. The van der Waals surface area contributed by atoms with Crippen LogP contribution < -0.4 is 5.32 Å². The molecule has 0 spiro atoms. The lowest BCUT2D eigenvalue weighted by molar-refractivity contribution is -0.190. The fourth-order valence-electron chi connectivity index (χ4n) is 10.9. The highest BCUT2D eigenvalue weighted by molar-refractivity contribution is 6.32. The summed E-state index contributed by atoms with van der Waals surface area (Å²) in [5, 5.41) is 13.1. The summed E-state index contributed by atoms with van der Waals surface area (Å²) in [4.78, 5) is 51.1. The van der Waals surface area contributed by atoms with Crippen LogP contribution in [0.5, 0.6) is 0 Å². The van der Waals surface area contributed by atoms with Gasteiger partial charge in [-0.15, -0.1) is 0 Å².